The molecule has 0 aliphatic heterocycles. The van der Waals surface area contributed by atoms with E-state index in [2.05, 4.69) is 0 Å². The molecule has 5 heteroatoms. The first-order chi connectivity index (χ1) is 9.51. The highest BCUT2D eigenvalue weighted by Gasteiger charge is 2.16. The molecular weight excluding hydrogens is 260 g/mol. The number of fused-ring (bicyclic) bond motifs is 1. The molecule has 0 radical (unpaired) electrons. The number of esters is 1. The number of aryl methyl sites for hydroxylation is 1. The monoisotopic (exact) mass is 276 g/mol. The highest BCUT2D eigenvalue weighted by molar-refractivity contribution is 5.81. The van der Waals surface area contributed by atoms with E-state index < -0.39 is 17.7 Å². The normalized spacial score (nSPS) is 12.2. The van der Waals surface area contributed by atoms with E-state index >= 15 is 0 Å². The molecule has 0 saturated heterocycles. The molecule has 0 aliphatic carbocycles. The summed E-state index contributed by atoms with van der Waals surface area (Å²) in [6, 6.07) is 6.55. The summed E-state index contributed by atoms with van der Waals surface area (Å²) in [6.07, 6.45) is -0.719. The zero-order chi connectivity index (χ0) is 14.7. The van der Waals surface area contributed by atoms with Crippen LogP contribution in [0.15, 0.2) is 33.5 Å². The van der Waals surface area contributed by atoms with Crippen molar-refractivity contribution in [1.82, 2.24) is 0 Å². The van der Waals surface area contributed by atoms with Crippen molar-refractivity contribution in [2.24, 2.45) is 0 Å². The van der Waals surface area contributed by atoms with Crippen molar-refractivity contribution >= 4 is 16.9 Å². The summed E-state index contributed by atoms with van der Waals surface area (Å²) in [7, 11) is 0. The highest BCUT2D eigenvalue weighted by atomic mass is 16.6. The average Bonchev–Trinajstić information content (AvgIpc) is 2.38. The van der Waals surface area contributed by atoms with Crippen LogP contribution < -0.4 is 10.4 Å². The Labute approximate surface area is 116 Å². The lowest BCUT2D eigenvalue weighted by atomic mass is 10.1. The zero-order valence-corrected chi connectivity index (χ0v) is 11.6. The topological polar surface area (TPSA) is 65.7 Å². The van der Waals surface area contributed by atoms with Crippen LogP contribution in [-0.4, -0.2) is 18.7 Å². The summed E-state index contributed by atoms with van der Waals surface area (Å²) in [5.74, 6) is 0.0186. The number of carbonyl (C=O) groups is 1. The third kappa shape index (κ3) is 2.99. The summed E-state index contributed by atoms with van der Waals surface area (Å²) in [6.45, 7) is 5.48. The van der Waals surface area contributed by atoms with Gasteiger partial charge in [-0.2, -0.15) is 0 Å². The van der Waals surface area contributed by atoms with Crippen LogP contribution in [0.4, 0.5) is 0 Å². The lowest BCUT2D eigenvalue weighted by Crippen LogP contribution is -2.26. The first-order valence-corrected chi connectivity index (χ1v) is 6.39. The van der Waals surface area contributed by atoms with Gasteiger partial charge in [0, 0.05) is 17.5 Å². The average molecular weight is 276 g/mol. The number of carbonyl (C=O) groups excluding carboxylic acids is 1. The molecule has 1 aromatic heterocycles. The molecule has 0 fully saturated rings. The van der Waals surface area contributed by atoms with Crippen molar-refractivity contribution in [2.75, 3.05) is 6.61 Å². The second-order valence-electron chi connectivity index (χ2n) is 4.42. The zero-order valence-electron chi connectivity index (χ0n) is 11.6. The smallest absolute Gasteiger partial charge is 0.347 e. The third-order valence-corrected chi connectivity index (χ3v) is 2.85. The van der Waals surface area contributed by atoms with Gasteiger partial charge in [-0.15, -0.1) is 0 Å². The lowest BCUT2D eigenvalue weighted by molar-refractivity contribution is -0.150. The van der Waals surface area contributed by atoms with Crippen molar-refractivity contribution < 1.29 is 18.7 Å². The van der Waals surface area contributed by atoms with Gasteiger partial charge in [0.15, 0.2) is 6.10 Å². The number of hydrogen-bond acceptors (Lipinski definition) is 5. The van der Waals surface area contributed by atoms with E-state index in [1.165, 1.54) is 6.07 Å². The second-order valence-corrected chi connectivity index (χ2v) is 4.42. The third-order valence-electron chi connectivity index (χ3n) is 2.85. The van der Waals surface area contributed by atoms with Crippen LogP contribution in [-0.2, 0) is 9.53 Å². The van der Waals surface area contributed by atoms with Gasteiger partial charge < -0.3 is 13.9 Å². The Balaban J connectivity index is 2.28. The molecule has 106 valence electrons. The van der Waals surface area contributed by atoms with Crippen LogP contribution >= 0.6 is 0 Å². The van der Waals surface area contributed by atoms with Crippen molar-refractivity contribution in [3.63, 3.8) is 0 Å². The molecule has 1 aromatic carbocycles. The maximum atomic E-state index is 11.5. The molecule has 5 nitrogen and oxygen atoms in total. The van der Waals surface area contributed by atoms with E-state index in [9.17, 15) is 9.59 Å². The van der Waals surface area contributed by atoms with Crippen LogP contribution in [0.25, 0.3) is 11.0 Å². The van der Waals surface area contributed by atoms with E-state index in [1.807, 2.05) is 6.92 Å². The molecule has 1 heterocycles. The summed E-state index contributed by atoms with van der Waals surface area (Å²) in [5.41, 5.74) is 0.857. The number of benzene rings is 1. The minimum Gasteiger partial charge on any atom is -0.479 e. The summed E-state index contributed by atoms with van der Waals surface area (Å²) in [4.78, 5) is 22.8. The SMILES string of the molecule is CCOC(=O)[C@@H](C)Oc1ccc2c(C)cc(=O)oc2c1. The number of ether oxygens (including phenoxy) is 2. The van der Waals surface area contributed by atoms with Gasteiger partial charge in [-0.05, 0) is 38.5 Å². The standard InChI is InChI=1S/C15H16O5/c1-4-18-15(17)10(3)19-11-5-6-12-9(2)7-14(16)20-13(12)8-11/h5-8,10H,4H2,1-3H3/t10-/m1/s1. The molecule has 0 saturated carbocycles. The minimum atomic E-state index is -0.719. The molecule has 0 bridgehead atoms. The van der Waals surface area contributed by atoms with Crippen molar-refractivity contribution in [3.8, 4) is 5.75 Å². The Morgan fingerprint density at radius 1 is 1.35 bits per heavy atom. The highest BCUT2D eigenvalue weighted by Crippen LogP contribution is 2.23. The molecule has 0 spiro atoms. The largest absolute Gasteiger partial charge is 0.479 e. The fourth-order valence-corrected chi connectivity index (χ4v) is 1.89. The molecule has 0 amide bonds. The predicted octanol–water partition coefficient (Wildman–Crippen LogP) is 2.43. The van der Waals surface area contributed by atoms with Gasteiger partial charge in [0.05, 0.1) is 6.61 Å². The molecule has 2 aromatic rings. The maximum Gasteiger partial charge on any atom is 0.347 e. The molecule has 1 atom stereocenters. The fraction of sp³-hybridized carbons (Fsp3) is 0.333. The van der Waals surface area contributed by atoms with E-state index in [-0.39, 0.29) is 0 Å². The van der Waals surface area contributed by atoms with E-state index in [1.54, 1.807) is 32.0 Å². The van der Waals surface area contributed by atoms with Gasteiger partial charge in [0.25, 0.3) is 0 Å². The molecule has 0 N–H and O–H groups in total. The van der Waals surface area contributed by atoms with Crippen LogP contribution in [0.2, 0.25) is 0 Å². The summed E-state index contributed by atoms with van der Waals surface area (Å²) >= 11 is 0. The van der Waals surface area contributed by atoms with Gasteiger partial charge in [0.2, 0.25) is 0 Å². The Morgan fingerprint density at radius 3 is 2.80 bits per heavy atom. The van der Waals surface area contributed by atoms with Crippen LogP contribution in [0.5, 0.6) is 5.75 Å². The quantitative estimate of drug-likeness (QED) is 0.634. The molecular formula is C15H16O5. The summed E-state index contributed by atoms with van der Waals surface area (Å²) in [5, 5.41) is 0.834. The van der Waals surface area contributed by atoms with Gasteiger partial charge in [0.1, 0.15) is 11.3 Å². The maximum absolute atomic E-state index is 11.5. The van der Waals surface area contributed by atoms with E-state index in [4.69, 9.17) is 13.9 Å². The fourth-order valence-electron chi connectivity index (χ4n) is 1.89. The number of hydrogen-bond donors (Lipinski definition) is 0. The molecule has 2 rings (SSSR count). The van der Waals surface area contributed by atoms with E-state index in [0.717, 1.165) is 10.9 Å². The minimum absolute atomic E-state index is 0.304. The Kier molecular flexibility index (Phi) is 4.08. The second kappa shape index (κ2) is 5.77. The molecule has 0 aliphatic rings. The van der Waals surface area contributed by atoms with Gasteiger partial charge >= 0.3 is 11.6 Å². The number of rotatable bonds is 4. The van der Waals surface area contributed by atoms with Gasteiger partial charge in [-0.1, -0.05) is 0 Å². The van der Waals surface area contributed by atoms with Crippen molar-refractivity contribution in [2.45, 2.75) is 26.9 Å². The first-order valence-electron chi connectivity index (χ1n) is 6.39. The van der Waals surface area contributed by atoms with Crippen LogP contribution in [0.1, 0.15) is 19.4 Å². The van der Waals surface area contributed by atoms with Crippen LogP contribution in [0, 0.1) is 6.92 Å². The molecule has 0 unspecified atom stereocenters. The lowest BCUT2D eigenvalue weighted by Gasteiger charge is -2.13. The predicted molar refractivity (Wildman–Crippen MR) is 73.9 cm³/mol. The molecule has 20 heavy (non-hydrogen) atoms. The van der Waals surface area contributed by atoms with Crippen molar-refractivity contribution in [3.05, 3.63) is 40.2 Å². The van der Waals surface area contributed by atoms with Gasteiger partial charge in [-0.25, -0.2) is 9.59 Å². The summed E-state index contributed by atoms with van der Waals surface area (Å²) < 4.78 is 15.5. The van der Waals surface area contributed by atoms with Crippen LogP contribution in [0.3, 0.4) is 0 Å². The van der Waals surface area contributed by atoms with Gasteiger partial charge in [-0.3, -0.25) is 0 Å². The van der Waals surface area contributed by atoms with E-state index in [0.29, 0.717) is 17.9 Å². The Bertz CT molecular complexity index is 686. The first kappa shape index (κ1) is 14.1. The Hall–Kier alpha value is -2.30. The Morgan fingerprint density at radius 2 is 2.10 bits per heavy atom. The van der Waals surface area contributed by atoms with Crippen molar-refractivity contribution in [1.29, 1.82) is 0 Å².